The van der Waals surface area contributed by atoms with Crippen LogP contribution in [0.4, 0.5) is 10.3 Å². The van der Waals surface area contributed by atoms with Gasteiger partial charge in [0.25, 0.3) is 0 Å². The van der Waals surface area contributed by atoms with Crippen LogP contribution in [-0.2, 0) is 6.54 Å². The van der Waals surface area contributed by atoms with Gasteiger partial charge in [0, 0.05) is 22.1 Å². The van der Waals surface area contributed by atoms with E-state index in [4.69, 9.17) is 5.73 Å². The second kappa shape index (κ2) is 8.94. The number of H-pyrrole nitrogens is 1. The molecule has 140 valence electrons. The van der Waals surface area contributed by atoms with Gasteiger partial charge in [0.1, 0.15) is 5.83 Å². The van der Waals surface area contributed by atoms with Gasteiger partial charge in [-0.1, -0.05) is 6.58 Å². The highest BCUT2D eigenvalue weighted by atomic mass is 79.9. The van der Waals surface area contributed by atoms with E-state index >= 15 is 0 Å². The lowest BCUT2D eigenvalue weighted by Gasteiger charge is -2.21. The first-order chi connectivity index (χ1) is 12.0. The van der Waals surface area contributed by atoms with Crippen molar-refractivity contribution in [1.29, 1.82) is 0 Å². The number of anilines is 1. The minimum atomic E-state index is -0.423. The summed E-state index contributed by atoms with van der Waals surface area (Å²) < 4.78 is 14.4. The molecule has 0 saturated carbocycles. The minimum absolute atomic E-state index is 0. The van der Waals surface area contributed by atoms with Gasteiger partial charge in [-0.05, 0) is 53.5 Å². The van der Waals surface area contributed by atoms with Crippen molar-refractivity contribution in [3.05, 3.63) is 44.7 Å². The van der Waals surface area contributed by atoms with E-state index in [2.05, 4.69) is 42.4 Å². The van der Waals surface area contributed by atoms with Crippen LogP contribution in [0.25, 0.3) is 17.0 Å². The highest BCUT2D eigenvalue weighted by molar-refractivity contribution is 9.10. The molecular weight excluding hydrogens is 441 g/mol. The van der Waals surface area contributed by atoms with E-state index in [0.29, 0.717) is 23.6 Å². The second-order valence-electron chi connectivity index (χ2n) is 5.70. The van der Waals surface area contributed by atoms with E-state index in [0.717, 1.165) is 39.3 Å². The Kier molecular flexibility index (Phi) is 7.16. The van der Waals surface area contributed by atoms with Crippen molar-refractivity contribution in [2.45, 2.75) is 19.9 Å². The molecule has 0 amide bonds. The van der Waals surface area contributed by atoms with Gasteiger partial charge in [-0.25, -0.2) is 9.37 Å². The predicted octanol–water partition coefficient (Wildman–Crippen LogP) is 4.81. The molecule has 0 aliphatic heterocycles. The van der Waals surface area contributed by atoms with E-state index in [9.17, 15) is 4.39 Å². The fraction of sp³-hybridized carbons (Fsp3) is 0.294. The van der Waals surface area contributed by atoms with Crippen molar-refractivity contribution in [3.63, 3.8) is 0 Å². The fourth-order valence-electron chi connectivity index (χ4n) is 2.56. The van der Waals surface area contributed by atoms with Crippen LogP contribution >= 0.6 is 39.7 Å². The Balaban J connectivity index is 0.00000243. The summed E-state index contributed by atoms with van der Waals surface area (Å²) in [5.74, 6) is 0.319. The molecule has 3 heterocycles. The third kappa shape index (κ3) is 4.25. The van der Waals surface area contributed by atoms with Gasteiger partial charge < -0.3 is 15.6 Å². The molecule has 0 unspecified atom stereocenters. The predicted molar refractivity (Wildman–Crippen MR) is 113 cm³/mol. The van der Waals surface area contributed by atoms with Gasteiger partial charge in [0.15, 0.2) is 5.65 Å². The monoisotopic (exact) mass is 459 g/mol. The number of hydrogen-bond acceptors (Lipinski definition) is 5. The van der Waals surface area contributed by atoms with Crippen LogP contribution in [0.15, 0.2) is 29.4 Å². The smallest absolute Gasteiger partial charge is 0.205 e. The van der Waals surface area contributed by atoms with E-state index in [1.807, 2.05) is 19.1 Å². The summed E-state index contributed by atoms with van der Waals surface area (Å²) in [5.41, 5.74) is 8.27. The Morgan fingerprint density at radius 3 is 2.88 bits per heavy atom. The number of nitrogens with one attached hydrogen (secondary N) is 1. The van der Waals surface area contributed by atoms with Crippen molar-refractivity contribution in [2.24, 2.45) is 5.73 Å². The van der Waals surface area contributed by atoms with Crippen molar-refractivity contribution in [2.75, 3.05) is 18.0 Å². The van der Waals surface area contributed by atoms with Crippen LogP contribution in [0.2, 0.25) is 0 Å². The second-order valence-corrected chi connectivity index (χ2v) is 7.60. The van der Waals surface area contributed by atoms with Crippen LogP contribution < -0.4 is 10.6 Å². The lowest BCUT2D eigenvalue weighted by atomic mass is 10.2. The molecule has 26 heavy (non-hydrogen) atoms. The number of aromatic nitrogens is 3. The molecule has 0 aliphatic rings. The van der Waals surface area contributed by atoms with Crippen LogP contribution in [0.3, 0.4) is 0 Å². The topological polar surface area (TPSA) is 70.8 Å². The molecular formula is C17H20BrClFN5S. The lowest BCUT2D eigenvalue weighted by Crippen LogP contribution is -2.26. The Morgan fingerprint density at radius 2 is 2.27 bits per heavy atom. The Labute approximate surface area is 170 Å². The number of pyridine rings is 1. The first kappa shape index (κ1) is 20.8. The maximum Gasteiger partial charge on any atom is 0.205 e. The number of aromatic amines is 1. The van der Waals surface area contributed by atoms with E-state index in [1.165, 1.54) is 11.3 Å². The van der Waals surface area contributed by atoms with E-state index in [-0.39, 0.29) is 12.4 Å². The van der Waals surface area contributed by atoms with Gasteiger partial charge >= 0.3 is 0 Å². The Morgan fingerprint density at radius 1 is 1.50 bits per heavy atom. The van der Waals surface area contributed by atoms with Crippen LogP contribution in [-0.4, -0.2) is 28.0 Å². The average molecular weight is 461 g/mol. The standard InChI is InChI=1S/C17H19BrFN5S.ClH/c1-10-13(25-15(11(2)19)14(10)18)9-24(8-4-6-20)17-22-12-5-3-7-21-16(12)23-17;/h3,5,7H,2,4,6,8-9,20H2,1H3,(H,21,22,23);1H. The largest absolute Gasteiger partial charge is 0.337 e. The van der Waals surface area contributed by atoms with Crippen LogP contribution in [0.1, 0.15) is 21.7 Å². The molecule has 0 fully saturated rings. The molecule has 3 aromatic rings. The maximum absolute atomic E-state index is 13.6. The number of nitrogens with zero attached hydrogens (tertiary/aromatic N) is 3. The summed E-state index contributed by atoms with van der Waals surface area (Å²) >= 11 is 4.87. The number of rotatable bonds is 7. The number of hydrogen-bond donors (Lipinski definition) is 2. The molecule has 0 radical (unpaired) electrons. The summed E-state index contributed by atoms with van der Waals surface area (Å²) in [4.78, 5) is 15.9. The molecule has 9 heteroatoms. The van der Waals surface area contributed by atoms with Gasteiger partial charge in [-0.3, -0.25) is 0 Å². The molecule has 3 aromatic heterocycles. The zero-order valence-electron chi connectivity index (χ0n) is 14.3. The van der Waals surface area contributed by atoms with Crippen molar-refractivity contribution >= 4 is 62.6 Å². The number of nitrogens with two attached hydrogens (primary N) is 1. The number of halogens is 3. The molecule has 0 bridgehead atoms. The van der Waals surface area contributed by atoms with Crippen LogP contribution in [0.5, 0.6) is 0 Å². The summed E-state index contributed by atoms with van der Waals surface area (Å²) in [5, 5.41) is 0. The molecule has 0 aliphatic carbocycles. The van der Waals surface area contributed by atoms with E-state index < -0.39 is 5.83 Å². The minimum Gasteiger partial charge on any atom is -0.337 e. The number of imidazole rings is 1. The Hall–Kier alpha value is -1.48. The summed E-state index contributed by atoms with van der Waals surface area (Å²) in [6.07, 6.45) is 2.55. The van der Waals surface area contributed by atoms with Gasteiger partial charge in [-0.2, -0.15) is 4.98 Å². The highest BCUT2D eigenvalue weighted by Gasteiger charge is 2.19. The molecule has 0 aromatic carbocycles. The number of fused-ring (bicyclic) bond motifs is 1. The fourth-order valence-corrected chi connectivity index (χ4v) is 4.46. The zero-order chi connectivity index (χ0) is 18.0. The summed E-state index contributed by atoms with van der Waals surface area (Å²) in [6, 6.07) is 3.81. The first-order valence-electron chi connectivity index (χ1n) is 7.89. The molecule has 3 rings (SSSR count). The molecule has 3 N–H and O–H groups in total. The van der Waals surface area contributed by atoms with Gasteiger partial charge in [0.05, 0.1) is 16.9 Å². The summed E-state index contributed by atoms with van der Waals surface area (Å²) in [7, 11) is 0. The maximum atomic E-state index is 13.6. The molecule has 0 spiro atoms. The van der Waals surface area contributed by atoms with Crippen molar-refractivity contribution in [1.82, 2.24) is 15.0 Å². The first-order valence-corrected chi connectivity index (χ1v) is 9.50. The molecule has 0 atom stereocenters. The third-order valence-corrected chi connectivity index (χ3v) is 6.49. The lowest BCUT2D eigenvalue weighted by molar-refractivity contribution is 0.723. The van der Waals surface area contributed by atoms with Gasteiger partial charge in [-0.15, -0.1) is 23.7 Å². The highest BCUT2D eigenvalue weighted by Crippen LogP contribution is 2.38. The third-order valence-electron chi connectivity index (χ3n) is 3.93. The summed E-state index contributed by atoms with van der Waals surface area (Å²) in [6.45, 7) is 7.34. The van der Waals surface area contributed by atoms with Crippen molar-refractivity contribution in [3.8, 4) is 0 Å². The van der Waals surface area contributed by atoms with E-state index in [1.54, 1.807) is 6.20 Å². The Bertz CT molecular complexity index is 877. The zero-order valence-corrected chi connectivity index (χ0v) is 17.5. The van der Waals surface area contributed by atoms with Crippen LogP contribution in [0, 0.1) is 6.92 Å². The quantitative estimate of drug-likeness (QED) is 0.531. The van der Waals surface area contributed by atoms with Crippen molar-refractivity contribution < 1.29 is 4.39 Å². The SMILES string of the molecule is C=C(F)c1sc(CN(CCCN)c2nc3ncccc3[nH]2)c(C)c1Br.Cl. The normalized spacial score (nSPS) is 10.8. The van der Waals surface area contributed by atoms with Gasteiger partial charge in [0.2, 0.25) is 5.95 Å². The molecule has 5 nitrogen and oxygen atoms in total. The number of thiophene rings is 1. The molecule has 0 saturated heterocycles. The average Bonchev–Trinajstić information content (AvgIpc) is 3.14.